The molecule has 294 valence electrons. The lowest BCUT2D eigenvalue weighted by atomic mass is 9.49. The van der Waals surface area contributed by atoms with Crippen molar-refractivity contribution in [2.45, 2.75) is 128 Å². The maximum atomic E-state index is 13.8. The molecule has 3 saturated heterocycles. The third kappa shape index (κ3) is 5.98. The Labute approximate surface area is 307 Å². The van der Waals surface area contributed by atoms with E-state index in [1.807, 2.05) is 0 Å². The number of aliphatic hydroxyl groups is 3. The Morgan fingerprint density at radius 2 is 1.79 bits per heavy atom. The Bertz CT molecular complexity index is 1600. The largest absolute Gasteiger partial charge is 0.481 e. The number of aliphatic carboxylic acids is 1. The van der Waals surface area contributed by atoms with E-state index in [0.29, 0.717) is 12.0 Å². The van der Waals surface area contributed by atoms with Gasteiger partial charge in [0.1, 0.15) is 41.7 Å². The number of ether oxygens (including phenoxy) is 5. The molecule has 15 nitrogen and oxygen atoms in total. The Hall–Kier alpha value is -3.79. The van der Waals surface area contributed by atoms with E-state index in [9.17, 15) is 44.4 Å². The van der Waals surface area contributed by atoms with E-state index in [1.165, 1.54) is 19.5 Å². The topological polar surface area (TPSA) is 226 Å². The molecule has 4 heterocycles. The standard InChI is InChI=1S/C38H52O15/c1-10-18(4)33(46)50-29-27(21-11-12-48-15-21)37(9)32(51-34(47)28(44)17(2)3)30-26(19(5)38(37,53-30)31(29)45)36(8,23(14-24(41)42)49-20(6)40)22-13-25(43)52-35(22,7)16-39/h11-12,15,17-18,22-23,26-32,39,44-45H,5,10,13-14,16H2,1-4,6-9H3,(H,41,42). The highest BCUT2D eigenvalue weighted by atomic mass is 16.6. The van der Waals surface area contributed by atoms with Gasteiger partial charge in [0.2, 0.25) is 0 Å². The fourth-order valence-corrected chi connectivity index (χ4v) is 9.88. The molecule has 53 heavy (non-hydrogen) atoms. The van der Waals surface area contributed by atoms with Gasteiger partial charge in [-0.1, -0.05) is 48.1 Å². The molecule has 14 atom stereocenters. The van der Waals surface area contributed by atoms with Crippen molar-refractivity contribution in [3.63, 3.8) is 0 Å². The molecule has 1 spiro atoms. The molecular formula is C38H52O15. The molecule has 0 amide bonds. The molecule has 1 aromatic rings. The van der Waals surface area contributed by atoms with Gasteiger partial charge in [-0.3, -0.25) is 19.2 Å². The molecule has 14 unspecified atom stereocenters. The molecule has 1 aromatic heterocycles. The van der Waals surface area contributed by atoms with Gasteiger partial charge in [-0.2, -0.15) is 0 Å². The number of carboxylic acid groups (broad SMARTS) is 1. The average molecular weight is 749 g/mol. The first-order valence-electron chi connectivity index (χ1n) is 18.0. The number of esters is 4. The van der Waals surface area contributed by atoms with Crippen LogP contribution in [0.5, 0.6) is 0 Å². The van der Waals surface area contributed by atoms with Crippen LogP contribution >= 0.6 is 0 Å². The number of cyclic esters (lactones) is 1. The van der Waals surface area contributed by atoms with Crippen molar-refractivity contribution in [2.75, 3.05) is 6.61 Å². The van der Waals surface area contributed by atoms with Crippen LogP contribution in [0.15, 0.2) is 35.2 Å². The molecule has 2 bridgehead atoms. The molecule has 4 fully saturated rings. The first kappa shape index (κ1) is 40.4. The summed E-state index contributed by atoms with van der Waals surface area (Å²) >= 11 is 0. The number of carbonyl (C=O) groups excluding carboxylic acids is 4. The molecule has 0 radical (unpaired) electrons. The summed E-state index contributed by atoms with van der Waals surface area (Å²) in [6, 6.07) is 1.63. The lowest BCUT2D eigenvalue weighted by Crippen LogP contribution is -2.63. The monoisotopic (exact) mass is 748 g/mol. The normalized spacial score (nSPS) is 37.4. The molecule has 1 aliphatic carbocycles. The van der Waals surface area contributed by atoms with Crippen molar-refractivity contribution in [1.82, 2.24) is 0 Å². The van der Waals surface area contributed by atoms with Gasteiger partial charge in [0.15, 0.2) is 6.10 Å². The molecule has 0 aromatic carbocycles. The molecule has 15 heteroatoms. The SMILES string of the molecule is C=C1C(C(C)(C(CC(=O)O)OC(C)=O)C2CC(=O)OC2(C)CO)C2OC13C(O)C(OC(=O)C(C)CC)C(c1ccoc1)C3(C)C2OC(=O)C(O)C(C)C. The van der Waals surface area contributed by atoms with Crippen molar-refractivity contribution >= 4 is 29.8 Å². The summed E-state index contributed by atoms with van der Waals surface area (Å²) in [5.74, 6) is -8.79. The Kier molecular flexibility index (Phi) is 10.8. The van der Waals surface area contributed by atoms with Crippen molar-refractivity contribution in [3.05, 3.63) is 36.3 Å². The van der Waals surface area contributed by atoms with Crippen molar-refractivity contribution in [1.29, 1.82) is 0 Å². The van der Waals surface area contributed by atoms with Crippen LogP contribution in [0.3, 0.4) is 0 Å². The van der Waals surface area contributed by atoms with Gasteiger partial charge in [0.05, 0.1) is 43.3 Å². The second-order valence-corrected chi connectivity index (χ2v) is 16.1. The molecular weight excluding hydrogens is 696 g/mol. The fourth-order valence-electron chi connectivity index (χ4n) is 9.88. The smallest absolute Gasteiger partial charge is 0.335 e. The molecule has 3 aliphatic heterocycles. The summed E-state index contributed by atoms with van der Waals surface area (Å²) in [5, 5.41) is 44.3. The van der Waals surface area contributed by atoms with E-state index in [2.05, 4.69) is 6.58 Å². The Morgan fingerprint density at radius 3 is 2.32 bits per heavy atom. The minimum Gasteiger partial charge on any atom is -0.481 e. The Morgan fingerprint density at radius 1 is 1.13 bits per heavy atom. The average Bonchev–Trinajstić information content (AvgIpc) is 3.87. The molecule has 4 N–H and O–H groups in total. The van der Waals surface area contributed by atoms with Crippen LogP contribution in [0.1, 0.15) is 86.1 Å². The maximum Gasteiger partial charge on any atom is 0.335 e. The minimum absolute atomic E-state index is 0.175. The van der Waals surface area contributed by atoms with Crippen LogP contribution in [0, 0.1) is 34.5 Å². The highest BCUT2D eigenvalue weighted by molar-refractivity contribution is 5.76. The van der Waals surface area contributed by atoms with Crippen LogP contribution < -0.4 is 0 Å². The fraction of sp³-hybridized carbons (Fsp3) is 0.711. The highest BCUT2D eigenvalue weighted by Crippen LogP contribution is 2.75. The second kappa shape index (κ2) is 14.1. The summed E-state index contributed by atoms with van der Waals surface area (Å²) in [7, 11) is 0. The zero-order valence-corrected chi connectivity index (χ0v) is 31.4. The number of carboxylic acids is 1. The van der Waals surface area contributed by atoms with Crippen molar-refractivity contribution < 1.29 is 72.5 Å². The first-order chi connectivity index (χ1) is 24.7. The van der Waals surface area contributed by atoms with E-state index in [4.69, 9.17) is 28.1 Å². The van der Waals surface area contributed by atoms with E-state index >= 15 is 0 Å². The zero-order valence-electron chi connectivity index (χ0n) is 31.4. The van der Waals surface area contributed by atoms with Gasteiger partial charge in [-0.15, -0.1) is 0 Å². The summed E-state index contributed by atoms with van der Waals surface area (Å²) < 4.78 is 36.1. The number of carbonyl (C=O) groups is 5. The van der Waals surface area contributed by atoms with Crippen LogP contribution in [0.4, 0.5) is 0 Å². The predicted octanol–water partition coefficient (Wildman–Crippen LogP) is 2.68. The second-order valence-electron chi connectivity index (χ2n) is 16.1. The van der Waals surface area contributed by atoms with E-state index < -0.39 is 131 Å². The number of hydrogen-bond donors (Lipinski definition) is 4. The maximum absolute atomic E-state index is 13.8. The Balaban J connectivity index is 1.79. The van der Waals surface area contributed by atoms with E-state index in [1.54, 1.807) is 47.6 Å². The molecule has 1 saturated carbocycles. The van der Waals surface area contributed by atoms with Crippen molar-refractivity contribution in [2.24, 2.45) is 34.5 Å². The van der Waals surface area contributed by atoms with Gasteiger partial charge >= 0.3 is 29.8 Å². The lowest BCUT2D eigenvalue weighted by molar-refractivity contribution is -0.189. The summed E-state index contributed by atoms with van der Waals surface area (Å²) in [5.41, 5.74) is -6.03. The highest BCUT2D eigenvalue weighted by Gasteiger charge is 2.86. The van der Waals surface area contributed by atoms with Crippen LogP contribution in [-0.4, -0.2) is 105 Å². The third-order valence-electron chi connectivity index (χ3n) is 12.7. The van der Waals surface area contributed by atoms with E-state index in [-0.39, 0.29) is 12.0 Å². The molecule has 4 aliphatic rings. The van der Waals surface area contributed by atoms with Gasteiger partial charge in [0.25, 0.3) is 0 Å². The minimum atomic E-state index is -1.89. The van der Waals surface area contributed by atoms with Crippen LogP contribution in [-0.2, 0) is 47.7 Å². The number of rotatable bonds is 14. The van der Waals surface area contributed by atoms with E-state index in [0.717, 1.165) is 6.92 Å². The predicted molar refractivity (Wildman–Crippen MR) is 181 cm³/mol. The van der Waals surface area contributed by atoms with Gasteiger partial charge in [-0.25, -0.2) is 4.79 Å². The lowest BCUT2D eigenvalue weighted by Gasteiger charge is -2.55. The number of furan rings is 1. The molecule has 5 rings (SSSR count). The number of aliphatic hydroxyl groups excluding tert-OH is 3. The summed E-state index contributed by atoms with van der Waals surface area (Å²) in [6.07, 6.45) is -6.54. The quantitative estimate of drug-likeness (QED) is 0.122. The third-order valence-corrected chi connectivity index (χ3v) is 12.7. The van der Waals surface area contributed by atoms with Gasteiger partial charge in [-0.05, 0) is 36.5 Å². The number of hydrogen-bond acceptors (Lipinski definition) is 14. The number of fused-ring (bicyclic) bond motifs is 1. The zero-order chi connectivity index (χ0) is 39.6. The van der Waals surface area contributed by atoms with Gasteiger partial charge in [0, 0.05) is 30.1 Å². The van der Waals surface area contributed by atoms with Crippen LogP contribution in [0.2, 0.25) is 0 Å². The van der Waals surface area contributed by atoms with Crippen LogP contribution in [0.25, 0.3) is 0 Å². The first-order valence-corrected chi connectivity index (χ1v) is 18.0. The van der Waals surface area contributed by atoms with Gasteiger partial charge < -0.3 is 48.5 Å². The summed E-state index contributed by atoms with van der Waals surface area (Å²) in [4.78, 5) is 65.3. The summed E-state index contributed by atoms with van der Waals surface area (Å²) in [6.45, 7) is 16.4. The van der Waals surface area contributed by atoms with Crippen molar-refractivity contribution in [3.8, 4) is 0 Å².